The summed E-state index contributed by atoms with van der Waals surface area (Å²) in [5, 5.41) is 13.9. The summed E-state index contributed by atoms with van der Waals surface area (Å²) < 4.78 is 11.9. The number of benzene rings is 1. The number of carbonyl (C=O) groups is 4. The molecule has 0 aliphatic carbocycles. The van der Waals surface area contributed by atoms with Crippen LogP contribution in [0.5, 0.6) is 0 Å². The van der Waals surface area contributed by atoms with Crippen molar-refractivity contribution in [3.8, 4) is 0 Å². The highest BCUT2D eigenvalue weighted by Crippen LogP contribution is 2.35. The van der Waals surface area contributed by atoms with E-state index in [0.29, 0.717) is 22.1 Å². The first-order chi connectivity index (χ1) is 18.6. The Balaban J connectivity index is 1.69. The number of aryl methyl sites for hydroxylation is 1. The van der Waals surface area contributed by atoms with Crippen molar-refractivity contribution in [2.75, 3.05) is 18.5 Å². The molecule has 0 radical (unpaired) electrons. The van der Waals surface area contributed by atoms with E-state index < -0.39 is 23.1 Å². The molecule has 1 atom stereocenters. The van der Waals surface area contributed by atoms with Gasteiger partial charge in [-0.15, -0.1) is 21.5 Å². The van der Waals surface area contributed by atoms with Crippen molar-refractivity contribution in [2.24, 2.45) is 7.05 Å². The van der Waals surface area contributed by atoms with Crippen LogP contribution in [0.4, 0.5) is 5.00 Å². The van der Waals surface area contributed by atoms with Crippen molar-refractivity contribution >= 4 is 51.9 Å². The highest BCUT2D eigenvalue weighted by molar-refractivity contribution is 8.00. The minimum atomic E-state index is -0.636. The maximum absolute atomic E-state index is 13.1. The lowest BCUT2D eigenvalue weighted by atomic mass is 10.1. The van der Waals surface area contributed by atoms with Crippen LogP contribution in [0.2, 0.25) is 0 Å². The lowest BCUT2D eigenvalue weighted by molar-refractivity contribution is -0.115. The Morgan fingerprint density at radius 2 is 1.77 bits per heavy atom. The number of carbonyl (C=O) groups excluding carboxylic acids is 4. The van der Waals surface area contributed by atoms with Crippen LogP contribution in [0, 0.1) is 13.8 Å². The number of amides is 2. The predicted octanol–water partition coefficient (Wildman–Crippen LogP) is 3.90. The van der Waals surface area contributed by atoms with Gasteiger partial charge in [0.05, 0.1) is 30.6 Å². The fourth-order valence-electron chi connectivity index (χ4n) is 3.52. The Morgan fingerprint density at radius 3 is 2.44 bits per heavy atom. The van der Waals surface area contributed by atoms with Crippen LogP contribution >= 0.6 is 23.1 Å². The zero-order valence-corrected chi connectivity index (χ0v) is 24.2. The van der Waals surface area contributed by atoms with Gasteiger partial charge in [-0.05, 0) is 52.3 Å². The molecule has 13 heteroatoms. The molecule has 0 aliphatic rings. The van der Waals surface area contributed by atoms with Crippen molar-refractivity contribution in [1.29, 1.82) is 0 Å². The molecule has 39 heavy (non-hydrogen) atoms. The number of hydrogen-bond donors (Lipinski definition) is 2. The molecular weight excluding hydrogens is 542 g/mol. The van der Waals surface area contributed by atoms with Gasteiger partial charge in [-0.3, -0.25) is 9.59 Å². The third kappa shape index (κ3) is 7.24. The average molecular weight is 574 g/mol. The fraction of sp³-hybridized carbons (Fsp3) is 0.385. The highest BCUT2D eigenvalue weighted by Gasteiger charge is 2.29. The molecule has 0 saturated carbocycles. The first-order valence-corrected chi connectivity index (χ1v) is 13.9. The molecule has 1 aromatic carbocycles. The average Bonchev–Trinajstić information content (AvgIpc) is 3.41. The summed E-state index contributed by atoms with van der Waals surface area (Å²) in [7, 11) is 1.74. The van der Waals surface area contributed by atoms with Crippen LogP contribution in [0.3, 0.4) is 0 Å². The second-order valence-corrected chi connectivity index (χ2v) is 10.8. The van der Waals surface area contributed by atoms with Gasteiger partial charge in [0, 0.05) is 12.6 Å². The Hall–Kier alpha value is -3.71. The first-order valence-electron chi connectivity index (χ1n) is 12.3. The molecule has 0 saturated heterocycles. The monoisotopic (exact) mass is 573 g/mol. The lowest BCUT2D eigenvalue weighted by Gasteiger charge is -2.12. The molecule has 3 aromatic rings. The van der Waals surface area contributed by atoms with Crippen molar-refractivity contribution in [3.05, 3.63) is 57.2 Å². The molecule has 3 rings (SSSR count). The van der Waals surface area contributed by atoms with Gasteiger partial charge in [0.15, 0.2) is 11.0 Å². The SMILES string of the molecule is CCOC(=O)c1sc(NC(=O)[C@@H](C)Sc2nnc(CNC(=O)c3cccc(C)c3)n2C)c(C(=O)OCC)c1C. The number of esters is 2. The molecule has 0 unspecified atom stereocenters. The van der Waals surface area contributed by atoms with E-state index in [-0.39, 0.29) is 41.1 Å². The minimum absolute atomic E-state index is 0.126. The van der Waals surface area contributed by atoms with Crippen LogP contribution in [-0.2, 0) is 27.9 Å². The van der Waals surface area contributed by atoms with E-state index in [9.17, 15) is 19.2 Å². The third-order valence-corrected chi connectivity index (χ3v) is 7.91. The highest BCUT2D eigenvalue weighted by atomic mass is 32.2. The maximum atomic E-state index is 13.1. The Bertz CT molecular complexity index is 1380. The summed E-state index contributed by atoms with van der Waals surface area (Å²) >= 11 is 2.13. The summed E-state index contributed by atoms with van der Waals surface area (Å²) in [6.07, 6.45) is 0. The molecule has 11 nitrogen and oxygen atoms in total. The van der Waals surface area contributed by atoms with E-state index in [4.69, 9.17) is 9.47 Å². The molecule has 2 amide bonds. The van der Waals surface area contributed by atoms with E-state index >= 15 is 0 Å². The quantitative estimate of drug-likeness (QED) is 0.258. The van der Waals surface area contributed by atoms with Crippen molar-refractivity contribution < 1.29 is 28.7 Å². The zero-order valence-electron chi connectivity index (χ0n) is 22.6. The van der Waals surface area contributed by atoms with Crippen molar-refractivity contribution in [3.63, 3.8) is 0 Å². The van der Waals surface area contributed by atoms with E-state index in [1.807, 2.05) is 19.1 Å². The molecule has 0 bridgehead atoms. The van der Waals surface area contributed by atoms with Gasteiger partial charge in [-0.1, -0.05) is 29.5 Å². The zero-order chi connectivity index (χ0) is 28.7. The topological polar surface area (TPSA) is 142 Å². The fourth-order valence-corrected chi connectivity index (χ4v) is 5.44. The number of ether oxygens (including phenoxy) is 2. The smallest absolute Gasteiger partial charge is 0.348 e. The summed E-state index contributed by atoms with van der Waals surface area (Å²) in [5.41, 5.74) is 2.05. The molecule has 0 spiro atoms. The van der Waals surface area contributed by atoms with Gasteiger partial charge in [0.25, 0.3) is 5.91 Å². The summed E-state index contributed by atoms with van der Waals surface area (Å²) in [5.74, 6) is -1.32. The molecule has 2 aromatic heterocycles. The van der Waals surface area contributed by atoms with Gasteiger partial charge >= 0.3 is 11.9 Å². The van der Waals surface area contributed by atoms with E-state index in [1.165, 1.54) is 0 Å². The van der Waals surface area contributed by atoms with Crippen LogP contribution in [-0.4, -0.2) is 57.0 Å². The second-order valence-electron chi connectivity index (χ2n) is 8.46. The van der Waals surface area contributed by atoms with Crippen LogP contribution in [0.15, 0.2) is 29.4 Å². The van der Waals surface area contributed by atoms with Crippen molar-refractivity contribution in [2.45, 2.75) is 51.6 Å². The van der Waals surface area contributed by atoms with E-state index in [1.54, 1.807) is 51.4 Å². The normalized spacial score (nSPS) is 11.5. The third-order valence-electron chi connectivity index (χ3n) is 5.59. The molecule has 0 fully saturated rings. The number of anilines is 1. The van der Waals surface area contributed by atoms with Crippen molar-refractivity contribution in [1.82, 2.24) is 20.1 Å². The van der Waals surface area contributed by atoms with E-state index in [0.717, 1.165) is 28.7 Å². The van der Waals surface area contributed by atoms with E-state index in [2.05, 4.69) is 20.8 Å². The predicted molar refractivity (Wildman–Crippen MR) is 148 cm³/mol. The molecule has 208 valence electrons. The number of aromatic nitrogens is 3. The lowest BCUT2D eigenvalue weighted by Crippen LogP contribution is -2.25. The molecule has 0 aliphatic heterocycles. The first kappa shape index (κ1) is 29.8. The summed E-state index contributed by atoms with van der Waals surface area (Å²) in [6.45, 7) is 9.04. The minimum Gasteiger partial charge on any atom is -0.462 e. The van der Waals surface area contributed by atoms with Crippen LogP contribution in [0.1, 0.15) is 68.1 Å². The van der Waals surface area contributed by atoms with Gasteiger partial charge < -0.3 is 24.7 Å². The summed E-state index contributed by atoms with van der Waals surface area (Å²) in [6, 6.07) is 7.26. The standard InChI is InChI=1S/C26H31N5O6S2/c1-7-36-24(34)19-15(4)20(25(35)37-8-2)39-23(19)28-21(32)16(5)38-26-30-29-18(31(26)6)13-27-22(33)17-11-9-10-14(3)12-17/h9-12,16H,7-8,13H2,1-6H3,(H,27,33)(H,28,32)/t16-/m1/s1. The number of nitrogens with zero attached hydrogens (tertiary/aromatic N) is 3. The molecule has 2 heterocycles. The summed E-state index contributed by atoms with van der Waals surface area (Å²) in [4.78, 5) is 50.7. The molecular formula is C26H31N5O6S2. The van der Waals surface area contributed by atoms with Gasteiger partial charge in [0.2, 0.25) is 5.91 Å². The van der Waals surface area contributed by atoms with Crippen LogP contribution in [0.25, 0.3) is 0 Å². The van der Waals surface area contributed by atoms with Gasteiger partial charge in [-0.2, -0.15) is 0 Å². The number of nitrogens with one attached hydrogen (secondary N) is 2. The number of thioether (sulfide) groups is 1. The number of thiophene rings is 1. The van der Waals surface area contributed by atoms with Crippen LogP contribution < -0.4 is 10.6 Å². The number of rotatable bonds is 11. The Morgan fingerprint density at radius 1 is 1.08 bits per heavy atom. The van der Waals surface area contributed by atoms with Gasteiger partial charge in [-0.25, -0.2) is 9.59 Å². The van der Waals surface area contributed by atoms with Gasteiger partial charge in [0.1, 0.15) is 9.88 Å². The largest absolute Gasteiger partial charge is 0.462 e. The molecule has 2 N–H and O–H groups in total. The Labute approximate surface area is 234 Å². The Kier molecular flexibility index (Phi) is 10.2. The number of hydrogen-bond acceptors (Lipinski definition) is 10. The maximum Gasteiger partial charge on any atom is 0.348 e. The second kappa shape index (κ2) is 13.4.